The van der Waals surface area contributed by atoms with Crippen molar-refractivity contribution >= 4 is 31.0 Å². The molecule has 3 unspecified atom stereocenters. The molecule has 0 amide bonds. The Hall–Kier alpha value is -6.46. The molecule has 62 heavy (non-hydrogen) atoms. The second-order valence-corrected chi connectivity index (χ2v) is 20.8. The van der Waals surface area contributed by atoms with Crippen molar-refractivity contribution in [3.8, 4) is 39.5 Å². The van der Waals surface area contributed by atoms with Gasteiger partial charge in [0.25, 0.3) is 14.7 Å². The summed E-state index contributed by atoms with van der Waals surface area (Å²) in [6, 6.07) is 44.2. The Bertz CT molecular complexity index is 2920. The Morgan fingerprint density at radius 1 is 0.613 bits per heavy atom. The van der Waals surface area contributed by atoms with Gasteiger partial charge in [0.15, 0.2) is 0 Å². The molecule has 2 N–H and O–H groups in total. The quantitative estimate of drug-likeness (QED) is 0.124. The predicted octanol–water partition coefficient (Wildman–Crippen LogP) is 11.9. The van der Waals surface area contributed by atoms with Gasteiger partial charge in [-0.25, -0.2) is 0 Å². The van der Waals surface area contributed by atoms with Crippen LogP contribution in [-0.2, 0) is 26.7 Å². The van der Waals surface area contributed by atoms with Gasteiger partial charge in [-0.15, -0.1) is 0 Å². The third kappa shape index (κ3) is 7.59. The molecule has 0 bridgehead atoms. The number of hydrogen-bond donors (Lipinski definition) is 2. The summed E-state index contributed by atoms with van der Waals surface area (Å²) in [5, 5.41) is 24.2. The maximum atomic E-state index is 15.1. The Morgan fingerprint density at radius 2 is 1.24 bits per heavy atom. The molecule has 0 saturated heterocycles. The smallest absolute Gasteiger partial charge is 0.296 e. The highest BCUT2D eigenvalue weighted by Crippen LogP contribution is 2.58. The van der Waals surface area contributed by atoms with Crippen LogP contribution < -0.4 is 20.0 Å². The maximum Gasteiger partial charge on any atom is 0.296 e. The Morgan fingerprint density at radius 3 is 1.98 bits per heavy atom. The molecule has 6 aromatic rings. The Kier molecular flexibility index (Phi) is 10.5. The van der Waals surface area contributed by atoms with E-state index in [0.29, 0.717) is 22.2 Å². The number of allylic oxidation sites excluding steroid dienone is 7. The third-order valence-corrected chi connectivity index (χ3v) is 16.8. The fourth-order valence-electron chi connectivity index (χ4n) is 9.04. The molecule has 0 spiro atoms. The van der Waals surface area contributed by atoms with Crippen LogP contribution in [0.5, 0.6) is 17.2 Å². The highest BCUT2D eigenvalue weighted by Gasteiger charge is 2.42. The van der Waals surface area contributed by atoms with Gasteiger partial charge in [-0.05, 0) is 108 Å². The molecule has 6 aromatic carbocycles. The van der Waals surface area contributed by atoms with E-state index in [0.717, 1.165) is 69.5 Å². The van der Waals surface area contributed by atoms with Gasteiger partial charge in [-0.3, -0.25) is 9.13 Å². The van der Waals surface area contributed by atoms with Crippen molar-refractivity contribution in [1.82, 2.24) is 4.90 Å². The van der Waals surface area contributed by atoms with E-state index in [1.807, 2.05) is 138 Å². The van der Waals surface area contributed by atoms with Crippen molar-refractivity contribution in [3.63, 3.8) is 0 Å². The SMILES string of the molecule is O=P1(CN(Cc2cc(-c3ccc(O)c(CN(CP4(=O)OC5=CC=CCC5c5ccccc54)c4ccccc4)c3)ccc2O)C2=CCCC=C2)Oc2ccccc2-c2ccccc21. The summed E-state index contributed by atoms with van der Waals surface area (Å²) in [5.74, 6) is 1.57. The van der Waals surface area contributed by atoms with Crippen LogP contribution in [0.15, 0.2) is 187 Å². The average molecular weight is 857 g/mol. The summed E-state index contributed by atoms with van der Waals surface area (Å²) >= 11 is 0. The van der Waals surface area contributed by atoms with E-state index in [9.17, 15) is 10.2 Å². The van der Waals surface area contributed by atoms with Gasteiger partial charge in [0.05, 0.1) is 10.6 Å². The molecule has 0 aromatic heterocycles. The number of phenolic OH excluding ortho intramolecular Hbond substituents is 2. The van der Waals surface area contributed by atoms with Gasteiger partial charge in [0, 0.05) is 47.1 Å². The molecular formula is C52H46N2O6P2. The predicted molar refractivity (Wildman–Crippen MR) is 249 cm³/mol. The molecule has 2 aliphatic heterocycles. The largest absolute Gasteiger partial charge is 0.508 e. The van der Waals surface area contributed by atoms with E-state index >= 15 is 9.13 Å². The molecule has 0 fully saturated rings. The highest BCUT2D eigenvalue weighted by atomic mass is 31.2. The lowest BCUT2D eigenvalue weighted by Gasteiger charge is -2.37. The minimum Gasteiger partial charge on any atom is -0.508 e. The first-order valence-corrected chi connectivity index (χ1v) is 24.6. The number of hydrogen-bond acceptors (Lipinski definition) is 8. The molecule has 310 valence electrons. The molecule has 2 aliphatic carbocycles. The molecule has 8 nitrogen and oxygen atoms in total. The zero-order valence-corrected chi connectivity index (χ0v) is 35.9. The highest BCUT2D eigenvalue weighted by molar-refractivity contribution is 7.68. The Labute approximate surface area is 362 Å². The lowest BCUT2D eigenvalue weighted by Crippen LogP contribution is -2.32. The number of nitrogens with zero attached hydrogens (tertiary/aromatic N) is 2. The lowest BCUT2D eigenvalue weighted by atomic mass is 9.90. The zero-order valence-electron chi connectivity index (χ0n) is 34.1. The van der Waals surface area contributed by atoms with Gasteiger partial charge in [-0.1, -0.05) is 109 Å². The van der Waals surface area contributed by atoms with Crippen LogP contribution in [0.1, 0.15) is 41.9 Å². The van der Waals surface area contributed by atoms with Gasteiger partial charge >= 0.3 is 0 Å². The van der Waals surface area contributed by atoms with Crippen LogP contribution in [0.2, 0.25) is 0 Å². The molecular weight excluding hydrogens is 811 g/mol. The van der Waals surface area contributed by atoms with E-state index in [2.05, 4.69) is 35.3 Å². The second-order valence-electron chi connectivity index (χ2n) is 16.2. The topological polar surface area (TPSA) is 99.5 Å². The summed E-state index contributed by atoms with van der Waals surface area (Å²) in [7, 11) is -6.93. The van der Waals surface area contributed by atoms with Crippen molar-refractivity contribution in [2.75, 3.05) is 17.5 Å². The first-order chi connectivity index (χ1) is 30.2. The van der Waals surface area contributed by atoms with Gasteiger partial charge in [0.2, 0.25) is 0 Å². The van der Waals surface area contributed by atoms with Crippen molar-refractivity contribution in [3.05, 3.63) is 204 Å². The van der Waals surface area contributed by atoms with Crippen molar-refractivity contribution < 1.29 is 28.4 Å². The minimum atomic E-state index is -3.47. The van der Waals surface area contributed by atoms with Crippen molar-refractivity contribution in [2.45, 2.75) is 38.3 Å². The summed E-state index contributed by atoms with van der Waals surface area (Å²) in [6.45, 7) is 0.518. The monoisotopic (exact) mass is 856 g/mol. The molecule has 2 heterocycles. The number of fused-ring (bicyclic) bond motifs is 6. The van der Waals surface area contributed by atoms with Crippen LogP contribution in [-0.4, -0.2) is 27.7 Å². The fourth-order valence-corrected chi connectivity index (χ4v) is 13.9. The zero-order chi connectivity index (χ0) is 42.3. The number of para-hydroxylation sites is 2. The molecule has 10 heteroatoms. The number of benzene rings is 6. The van der Waals surface area contributed by atoms with E-state index in [-0.39, 0.29) is 43.1 Å². The Balaban J connectivity index is 0.965. The summed E-state index contributed by atoms with van der Waals surface area (Å²) < 4.78 is 43.2. The fraction of sp³-hybridized carbons (Fsp3) is 0.154. The molecule has 4 aliphatic rings. The number of phenols is 2. The van der Waals surface area contributed by atoms with E-state index in [1.165, 1.54) is 0 Å². The minimum absolute atomic E-state index is 0.0280. The summed E-state index contributed by atoms with van der Waals surface area (Å²) in [6.07, 6.45) is 15.1. The molecule has 10 rings (SSSR count). The van der Waals surface area contributed by atoms with Gasteiger partial charge in [-0.2, -0.15) is 0 Å². The standard InChI is InChI=1S/C52H46N2O6P2/c55-47-29-27-37(31-39(47)33-53(41-15-3-1-4-16-41)35-61(57)51-25-13-9-21-45(51)43-19-7-11-23-49(43)59-61)38-28-30-48(56)40(32-38)34-54(42-17-5-2-6-18-42)36-62(58)52-26-14-10-22-46(52)44-20-8-12-24-50(44)60-62/h1,3-5,7-18,20-32,43,55-56H,2,6,19,33-36H2. The van der Waals surface area contributed by atoms with E-state index in [4.69, 9.17) is 9.05 Å². The van der Waals surface area contributed by atoms with Crippen LogP contribution in [0, 0.1) is 0 Å². The van der Waals surface area contributed by atoms with Crippen LogP contribution >= 0.6 is 14.7 Å². The van der Waals surface area contributed by atoms with E-state index in [1.54, 1.807) is 12.1 Å². The molecule has 3 atom stereocenters. The van der Waals surface area contributed by atoms with Gasteiger partial charge < -0.3 is 29.1 Å². The van der Waals surface area contributed by atoms with Crippen LogP contribution in [0.3, 0.4) is 0 Å². The number of anilines is 1. The maximum absolute atomic E-state index is 15.1. The van der Waals surface area contributed by atoms with Crippen LogP contribution in [0.25, 0.3) is 22.3 Å². The van der Waals surface area contributed by atoms with Gasteiger partial charge in [0.1, 0.15) is 35.6 Å². The first kappa shape index (κ1) is 39.7. The number of rotatable bonds is 11. The van der Waals surface area contributed by atoms with Crippen molar-refractivity contribution in [2.24, 2.45) is 0 Å². The summed E-state index contributed by atoms with van der Waals surface area (Å²) in [5.41, 5.74) is 7.56. The lowest BCUT2D eigenvalue weighted by molar-refractivity contribution is 0.364. The van der Waals surface area contributed by atoms with Crippen molar-refractivity contribution in [1.29, 1.82) is 0 Å². The molecule has 0 radical (unpaired) electrons. The summed E-state index contributed by atoms with van der Waals surface area (Å²) in [4.78, 5) is 4.07. The normalized spacial score (nSPS) is 20.5. The number of aromatic hydroxyl groups is 2. The second kappa shape index (κ2) is 16.4. The first-order valence-electron chi connectivity index (χ1n) is 21.0. The molecule has 0 saturated carbocycles. The van der Waals surface area contributed by atoms with E-state index < -0.39 is 14.7 Å². The third-order valence-electron chi connectivity index (χ3n) is 12.1. The van der Waals surface area contributed by atoms with Crippen LogP contribution in [0.4, 0.5) is 5.69 Å². The average Bonchev–Trinajstić information content (AvgIpc) is 3.31.